The number of hydrogen-bond acceptors (Lipinski definition) is 3. The number of nitrogens with zero attached hydrogens (tertiary/aromatic N) is 1. The van der Waals surface area contributed by atoms with Crippen molar-refractivity contribution in [3.63, 3.8) is 0 Å². The van der Waals surface area contributed by atoms with E-state index in [2.05, 4.69) is 5.32 Å². The molecule has 0 aromatic heterocycles. The third-order valence-corrected chi connectivity index (χ3v) is 4.37. The number of hydrogen-bond donors (Lipinski definition) is 2. The molecular formula is C16H22FN3O. The van der Waals surface area contributed by atoms with E-state index in [1.54, 1.807) is 6.07 Å². The van der Waals surface area contributed by atoms with Crippen molar-refractivity contribution in [1.82, 2.24) is 5.32 Å². The zero-order valence-corrected chi connectivity index (χ0v) is 12.1. The van der Waals surface area contributed by atoms with Crippen molar-refractivity contribution < 1.29 is 9.18 Å². The highest BCUT2D eigenvalue weighted by Gasteiger charge is 2.27. The number of carbonyl (C=O) groups is 1. The van der Waals surface area contributed by atoms with Crippen molar-refractivity contribution in [1.29, 1.82) is 0 Å². The van der Waals surface area contributed by atoms with Crippen molar-refractivity contribution in [2.24, 2.45) is 11.7 Å². The van der Waals surface area contributed by atoms with Crippen molar-refractivity contribution in [3.05, 3.63) is 29.6 Å². The molecule has 114 valence electrons. The molecule has 1 aliphatic carbocycles. The Kier molecular flexibility index (Phi) is 4.10. The highest BCUT2D eigenvalue weighted by Crippen LogP contribution is 2.30. The van der Waals surface area contributed by atoms with E-state index in [0.717, 1.165) is 24.9 Å². The Morgan fingerprint density at radius 1 is 1.38 bits per heavy atom. The van der Waals surface area contributed by atoms with Crippen LogP contribution in [0.2, 0.25) is 0 Å². The lowest BCUT2D eigenvalue weighted by Crippen LogP contribution is -2.42. The Labute approximate surface area is 124 Å². The number of piperidine rings is 1. The van der Waals surface area contributed by atoms with Gasteiger partial charge < -0.3 is 16.0 Å². The van der Waals surface area contributed by atoms with Gasteiger partial charge in [-0.15, -0.1) is 0 Å². The van der Waals surface area contributed by atoms with Crippen LogP contribution in [0.25, 0.3) is 0 Å². The van der Waals surface area contributed by atoms with E-state index >= 15 is 0 Å². The topological polar surface area (TPSA) is 58.4 Å². The third-order valence-electron chi connectivity index (χ3n) is 4.37. The number of carbonyl (C=O) groups excluding carboxylic acids is 1. The average molecular weight is 291 g/mol. The molecule has 21 heavy (non-hydrogen) atoms. The molecule has 1 atom stereocenters. The zero-order chi connectivity index (χ0) is 14.8. The number of halogens is 1. The average Bonchev–Trinajstić information content (AvgIpc) is 3.29. The highest BCUT2D eigenvalue weighted by molar-refractivity contribution is 5.77. The fourth-order valence-corrected chi connectivity index (χ4v) is 3.01. The van der Waals surface area contributed by atoms with Crippen LogP contribution >= 0.6 is 0 Å². The van der Waals surface area contributed by atoms with Crippen LogP contribution in [0.3, 0.4) is 0 Å². The fourth-order valence-electron chi connectivity index (χ4n) is 3.01. The van der Waals surface area contributed by atoms with Gasteiger partial charge in [0.05, 0.1) is 11.6 Å². The van der Waals surface area contributed by atoms with E-state index in [0.29, 0.717) is 24.8 Å². The molecule has 1 aromatic carbocycles. The summed E-state index contributed by atoms with van der Waals surface area (Å²) < 4.78 is 14.3. The number of rotatable bonds is 5. The quantitative estimate of drug-likeness (QED) is 0.869. The maximum atomic E-state index is 14.3. The van der Waals surface area contributed by atoms with E-state index in [1.807, 2.05) is 11.0 Å². The van der Waals surface area contributed by atoms with Crippen LogP contribution < -0.4 is 16.0 Å². The van der Waals surface area contributed by atoms with Gasteiger partial charge in [0.25, 0.3) is 0 Å². The molecule has 2 fully saturated rings. The van der Waals surface area contributed by atoms with Gasteiger partial charge in [0.1, 0.15) is 5.82 Å². The number of nitrogens with one attached hydrogen (secondary N) is 1. The van der Waals surface area contributed by atoms with Gasteiger partial charge in [-0.2, -0.15) is 0 Å². The van der Waals surface area contributed by atoms with E-state index in [1.165, 1.54) is 18.9 Å². The van der Waals surface area contributed by atoms with Gasteiger partial charge in [-0.25, -0.2) is 4.39 Å². The third kappa shape index (κ3) is 3.35. The SMILES string of the molecule is NC(=O)C1CCCN(c2c(F)cccc2CNC2CC2)C1. The lowest BCUT2D eigenvalue weighted by atomic mass is 9.96. The predicted octanol–water partition coefficient (Wildman–Crippen LogP) is 1.78. The number of para-hydroxylation sites is 1. The Bertz CT molecular complexity index is 530. The van der Waals surface area contributed by atoms with E-state index < -0.39 is 0 Å². The number of primary amides is 1. The van der Waals surface area contributed by atoms with Gasteiger partial charge in [-0.05, 0) is 37.3 Å². The molecule has 1 unspecified atom stereocenters. The van der Waals surface area contributed by atoms with Gasteiger partial charge in [-0.1, -0.05) is 12.1 Å². The summed E-state index contributed by atoms with van der Waals surface area (Å²) in [6.45, 7) is 1.98. The highest BCUT2D eigenvalue weighted by atomic mass is 19.1. The first-order valence-electron chi connectivity index (χ1n) is 7.70. The van der Waals surface area contributed by atoms with Gasteiger partial charge in [0, 0.05) is 25.7 Å². The summed E-state index contributed by atoms with van der Waals surface area (Å²) >= 11 is 0. The number of nitrogens with two attached hydrogens (primary N) is 1. The Morgan fingerprint density at radius 2 is 2.19 bits per heavy atom. The summed E-state index contributed by atoms with van der Waals surface area (Å²) in [6, 6.07) is 5.78. The van der Waals surface area contributed by atoms with Crippen LogP contribution in [0.4, 0.5) is 10.1 Å². The first kappa shape index (κ1) is 14.3. The summed E-state index contributed by atoms with van der Waals surface area (Å²) in [5.41, 5.74) is 7.02. The molecule has 3 rings (SSSR count). The van der Waals surface area contributed by atoms with E-state index in [-0.39, 0.29) is 17.6 Å². The van der Waals surface area contributed by atoms with Crippen molar-refractivity contribution >= 4 is 11.6 Å². The number of benzene rings is 1. The molecule has 0 spiro atoms. The predicted molar refractivity (Wildman–Crippen MR) is 80.4 cm³/mol. The van der Waals surface area contributed by atoms with Crippen LogP contribution in [0.15, 0.2) is 18.2 Å². The summed E-state index contributed by atoms with van der Waals surface area (Å²) in [5, 5.41) is 3.43. The van der Waals surface area contributed by atoms with Crippen molar-refractivity contribution in [2.45, 2.75) is 38.3 Å². The molecule has 1 amide bonds. The van der Waals surface area contributed by atoms with Gasteiger partial charge in [0.15, 0.2) is 0 Å². The second-order valence-electron chi connectivity index (χ2n) is 6.09. The normalized spacial score (nSPS) is 22.3. The van der Waals surface area contributed by atoms with E-state index in [4.69, 9.17) is 5.73 Å². The molecule has 1 aliphatic heterocycles. The number of amides is 1. The maximum absolute atomic E-state index is 14.3. The minimum atomic E-state index is -0.284. The lowest BCUT2D eigenvalue weighted by molar-refractivity contribution is -0.122. The minimum Gasteiger partial charge on any atom is -0.369 e. The van der Waals surface area contributed by atoms with Crippen LogP contribution in [-0.4, -0.2) is 25.0 Å². The van der Waals surface area contributed by atoms with Crippen LogP contribution in [-0.2, 0) is 11.3 Å². The van der Waals surface area contributed by atoms with Crippen molar-refractivity contribution in [2.75, 3.05) is 18.0 Å². The molecule has 1 aromatic rings. The molecule has 1 saturated heterocycles. The number of anilines is 1. The second kappa shape index (κ2) is 6.02. The summed E-state index contributed by atoms with van der Waals surface area (Å²) in [7, 11) is 0. The molecule has 3 N–H and O–H groups in total. The first-order chi connectivity index (χ1) is 10.1. The van der Waals surface area contributed by atoms with Gasteiger partial charge in [0.2, 0.25) is 5.91 Å². The fraction of sp³-hybridized carbons (Fsp3) is 0.562. The van der Waals surface area contributed by atoms with Crippen LogP contribution in [0.5, 0.6) is 0 Å². The molecule has 1 saturated carbocycles. The Balaban J connectivity index is 1.79. The summed E-state index contributed by atoms with van der Waals surface area (Å²) in [6.07, 6.45) is 4.09. The minimum absolute atomic E-state index is 0.178. The maximum Gasteiger partial charge on any atom is 0.222 e. The largest absolute Gasteiger partial charge is 0.369 e. The molecular weight excluding hydrogens is 269 g/mol. The van der Waals surface area contributed by atoms with Gasteiger partial charge >= 0.3 is 0 Å². The lowest BCUT2D eigenvalue weighted by Gasteiger charge is -2.34. The van der Waals surface area contributed by atoms with Crippen LogP contribution in [0, 0.1) is 11.7 Å². The summed E-state index contributed by atoms with van der Waals surface area (Å²) in [5.74, 6) is -0.675. The second-order valence-corrected chi connectivity index (χ2v) is 6.09. The molecule has 5 heteroatoms. The summed E-state index contributed by atoms with van der Waals surface area (Å²) in [4.78, 5) is 13.4. The van der Waals surface area contributed by atoms with Crippen molar-refractivity contribution in [3.8, 4) is 0 Å². The van der Waals surface area contributed by atoms with Crippen LogP contribution in [0.1, 0.15) is 31.2 Å². The molecule has 1 heterocycles. The monoisotopic (exact) mass is 291 g/mol. The van der Waals surface area contributed by atoms with Gasteiger partial charge in [-0.3, -0.25) is 4.79 Å². The molecule has 0 radical (unpaired) electrons. The standard InChI is InChI=1S/C16H22FN3O/c17-14-5-1-3-11(9-19-13-6-7-13)15(14)20-8-2-4-12(10-20)16(18)21/h1,3,5,12-13,19H,2,4,6-10H2,(H2,18,21). The first-order valence-corrected chi connectivity index (χ1v) is 7.70. The van der Waals surface area contributed by atoms with E-state index in [9.17, 15) is 9.18 Å². The molecule has 0 bridgehead atoms. The smallest absolute Gasteiger partial charge is 0.222 e. The zero-order valence-electron chi connectivity index (χ0n) is 12.1. The Morgan fingerprint density at radius 3 is 2.90 bits per heavy atom. The molecule has 2 aliphatic rings. The molecule has 4 nitrogen and oxygen atoms in total. The Hall–Kier alpha value is -1.62.